The Bertz CT molecular complexity index is 749. The van der Waals surface area contributed by atoms with E-state index in [4.69, 9.17) is 4.74 Å². The molecule has 0 aromatic heterocycles. The number of hydrogen-bond donors (Lipinski definition) is 3. The first-order chi connectivity index (χ1) is 13.0. The molecule has 1 aromatic carbocycles. The van der Waals surface area contributed by atoms with Crippen molar-refractivity contribution in [1.29, 1.82) is 0 Å². The number of ether oxygens (including phenoxy) is 1. The highest BCUT2D eigenvalue weighted by Crippen LogP contribution is 2.25. The first-order valence-electron chi connectivity index (χ1n) is 8.66. The molecule has 0 spiro atoms. The number of aliphatic carboxylic acids is 1. The van der Waals surface area contributed by atoms with Crippen LogP contribution < -0.4 is 15.4 Å². The summed E-state index contributed by atoms with van der Waals surface area (Å²) >= 11 is 0. The lowest BCUT2D eigenvalue weighted by molar-refractivity contribution is -0.384. The minimum Gasteiger partial charge on any atom is -0.496 e. The Hall–Kier alpha value is -3.17. The van der Waals surface area contributed by atoms with E-state index in [0.29, 0.717) is 6.42 Å². The van der Waals surface area contributed by atoms with Gasteiger partial charge in [-0.25, -0.2) is 4.79 Å². The smallest absolute Gasteiger partial charge is 0.326 e. The third-order valence-electron chi connectivity index (χ3n) is 3.91. The molecule has 10 heteroatoms. The topological polar surface area (TPSA) is 148 Å². The standard InChI is InChI=1S/C18H25N3O7/c1-10(2)7-14(19-11(3)22)17(23)20-15(18(24)25)9-12-8-13(21(26)27)5-6-16(12)28-4/h5-6,8,10,14-15H,7,9H2,1-4H3,(H,19,22)(H,20,23)(H,24,25)/t14-,15-/m0/s1. The van der Waals surface area contributed by atoms with Crippen LogP contribution in [0.15, 0.2) is 18.2 Å². The van der Waals surface area contributed by atoms with E-state index in [9.17, 15) is 29.6 Å². The Morgan fingerprint density at radius 2 is 1.86 bits per heavy atom. The predicted octanol–water partition coefficient (Wildman–Crippen LogP) is 1.27. The number of nitrogens with one attached hydrogen (secondary N) is 2. The van der Waals surface area contributed by atoms with Gasteiger partial charge in [-0.3, -0.25) is 19.7 Å². The van der Waals surface area contributed by atoms with Crippen LogP contribution in [-0.4, -0.2) is 47.0 Å². The van der Waals surface area contributed by atoms with Crippen LogP contribution in [-0.2, 0) is 20.8 Å². The van der Waals surface area contributed by atoms with Gasteiger partial charge >= 0.3 is 5.97 Å². The first kappa shape index (κ1) is 22.9. The molecule has 0 saturated heterocycles. The van der Waals surface area contributed by atoms with E-state index >= 15 is 0 Å². The average molecular weight is 395 g/mol. The zero-order valence-electron chi connectivity index (χ0n) is 16.2. The third kappa shape index (κ3) is 6.86. The monoisotopic (exact) mass is 395 g/mol. The van der Waals surface area contributed by atoms with Crippen LogP contribution in [0.4, 0.5) is 5.69 Å². The van der Waals surface area contributed by atoms with Gasteiger partial charge < -0.3 is 20.5 Å². The zero-order chi connectivity index (χ0) is 21.4. The Balaban J connectivity index is 3.06. The fourth-order valence-corrected chi connectivity index (χ4v) is 2.68. The zero-order valence-corrected chi connectivity index (χ0v) is 16.2. The fraction of sp³-hybridized carbons (Fsp3) is 0.500. The number of methoxy groups -OCH3 is 1. The SMILES string of the molecule is COc1ccc([N+](=O)[O-])cc1C[C@H](NC(=O)[C@H](CC(C)C)NC(C)=O)C(=O)O. The summed E-state index contributed by atoms with van der Waals surface area (Å²) in [4.78, 5) is 45.9. The van der Waals surface area contributed by atoms with Crippen LogP contribution in [0.1, 0.15) is 32.8 Å². The molecule has 0 unspecified atom stereocenters. The molecule has 154 valence electrons. The minimum absolute atomic E-state index is 0.0859. The summed E-state index contributed by atoms with van der Waals surface area (Å²) in [6, 6.07) is 1.58. The van der Waals surface area contributed by atoms with Gasteiger partial charge in [0, 0.05) is 31.0 Å². The van der Waals surface area contributed by atoms with E-state index in [1.54, 1.807) is 0 Å². The molecule has 0 heterocycles. The summed E-state index contributed by atoms with van der Waals surface area (Å²) in [5.74, 6) is -2.00. The van der Waals surface area contributed by atoms with Crippen molar-refractivity contribution >= 4 is 23.5 Å². The number of carboxylic acids is 1. The Morgan fingerprint density at radius 1 is 1.21 bits per heavy atom. The van der Waals surface area contributed by atoms with Gasteiger partial charge in [-0.1, -0.05) is 13.8 Å². The van der Waals surface area contributed by atoms with Gasteiger partial charge in [0.05, 0.1) is 12.0 Å². The highest BCUT2D eigenvalue weighted by Gasteiger charge is 2.28. The van der Waals surface area contributed by atoms with Gasteiger partial charge in [0.25, 0.3) is 5.69 Å². The highest BCUT2D eigenvalue weighted by molar-refractivity contribution is 5.90. The third-order valence-corrected chi connectivity index (χ3v) is 3.91. The number of hydrogen-bond acceptors (Lipinski definition) is 6. The number of carbonyl (C=O) groups excluding carboxylic acids is 2. The molecule has 2 amide bonds. The molecule has 0 fully saturated rings. The van der Waals surface area contributed by atoms with Crippen molar-refractivity contribution < 1.29 is 29.2 Å². The van der Waals surface area contributed by atoms with Crippen molar-refractivity contribution in [3.63, 3.8) is 0 Å². The Kier molecular flexibility index (Phi) is 8.36. The minimum atomic E-state index is -1.35. The molecule has 0 aliphatic rings. The summed E-state index contributed by atoms with van der Waals surface area (Å²) in [6.07, 6.45) is 0.109. The summed E-state index contributed by atoms with van der Waals surface area (Å²) < 4.78 is 5.13. The molecule has 1 aromatic rings. The molecule has 0 radical (unpaired) electrons. The van der Waals surface area contributed by atoms with E-state index < -0.39 is 34.8 Å². The van der Waals surface area contributed by atoms with Gasteiger partial charge in [0.15, 0.2) is 0 Å². The quantitative estimate of drug-likeness (QED) is 0.399. The second kappa shape index (κ2) is 10.2. The number of rotatable bonds is 10. The fourth-order valence-electron chi connectivity index (χ4n) is 2.68. The maximum Gasteiger partial charge on any atom is 0.326 e. The van der Waals surface area contributed by atoms with E-state index in [0.717, 1.165) is 0 Å². The van der Waals surface area contributed by atoms with Gasteiger partial charge in [-0.15, -0.1) is 0 Å². The van der Waals surface area contributed by atoms with Crippen LogP contribution in [0.2, 0.25) is 0 Å². The summed E-state index contributed by atoms with van der Waals surface area (Å²) in [5, 5.41) is 25.4. The number of carbonyl (C=O) groups is 3. The molecule has 1 rings (SSSR count). The second-order valence-corrected chi connectivity index (χ2v) is 6.74. The van der Waals surface area contributed by atoms with Crippen LogP contribution >= 0.6 is 0 Å². The van der Waals surface area contributed by atoms with Crippen molar-refractivity contribution in [3.8, 4) is 5.75 Å². The molecule has 0 aliphatic heterocycles. The lowest BCUT2D eigenvalue weighted by Gasteiger charge is -2.22. The number of carboxylic acid groups (broad SMARTS) is 1. The summed E-state index contributed by atoms with van der Waals surface area (Å²) in [7, 11) is 1.36. The highest BCUT2D eigenvalue weighted by atomic mass is 16.6. The predicted molar refractivity (Wildman–Crippen MR) is 100.0 cm³/mol. The lowest BCUT2D eigenvalue weighted by Crippen LogP contribution is -2.52. The van der Waals surface area contributed by atoms with Gasteiger partial charge in [-0.2, -0.15) is 0 Å². The molecule has 0 aliphatic carbocycles. The number of nitro benzene ring substituents is 1. The molecule has 10 nitrogen and oxygen atoms in total. The van der Waals surface area contributed by atoms with E-state index in [2.05, 4.69) is 10.6 Å². The number of nitrogens with zero attached hydrogens (tertiary/aromatic N) is 1. The van der Waals surface area contributed by atoms with Crippen LogP contribution in [0.25, 0.3) is 0 Å². The molecule has 0 saturated carbocycles. The molecule has 2 atom stereocenters. The molecule has 3 N–H and O–H groups in total. The van der Waals surface area contributed by atoms with Crippen molar-refractivity contribution in [2.24, 2.45) is 5.92 Å². The number of non-ortho nitro benzene ring substituents is 1. The van der Waals surface area contributed by atoms with Crippen LogP contribution in [0, 0.1) is 16.0 Å². The van der Waals surface area contributed by atoms with Crippen molar-refractivity contribution in [2.75, 3.05) is 7.11 Å². The molecular formula is C18H25N3O7. The maximum atomic E-state index is 12.5. The molecular weight excluding hydrogens is 370 g/mol. The van der Waals surface area contributed by atoms with Crippen LogP contribution in [0.3, 0.4) is 0 Å². The number of benzene rings is 1. The van der Waals surface area contributed by atoms with Gasteiger partial charge in [0.1, 0.15) is 17.8 Å². The van der Waals surface area contributed by atoms with Crippen molar-refractivity contribution in [1.82, 2.24) is 10.6 Å². The number of amides is 2. The van der Waals surface area contributed by atoms with Gasteiger partial charge in [0.2, 0.25) is 11.8 Å². The van der Waals surface area contributed by atoms with Gasteiger partial charge in [-0.05, 0) is 18.4 Å². The number of nitro groups is 1. The van der Waals surface area contributed by atoms with Crippen LogP contribution in [0.5, 0.6) is 5.75 Å². The summed E-state index contributed by atoms with van der Waals surface area (Å²) in [5.41, 5.74) is 0.0477. The van der Waals surface area contributed by atoms with Crippen molar-refractivity contribution in [3.05, 3.63) is 33.9 Å². The van der Waals surface area contributed by atoms with E-state index in [-0.39, 0.29) is 29.3 Å². The first-order valence-corrected chi connectivity index (χ1v) is 8.66. The van der Waals surface area contributed by atoms with Crippen molar-refractivity contribution in [2.45, 2.75) is 45.7 Å². The largest absolute Gasteiger partial charge is 0.496 e. The maximum absolute atomic E-state index is 12.5. The summed E-state index contributed by atoms with van der Waals surface area (Å²) in [6.45, 7) is 5.00. The molecule has 28 heavy (non-hydrogen) atoms. The van der Waals surface area contributed by atoms with E-state index in [1.165, 1.54) is 32.2 Å². The normalized spacial score (nSPS) is 12.8. The lowest BCUT2D eigenvalue weighted by atomic mass is 10.0. The average Bonchev–Trinajstić information content (AvgIpc) is 2.59. The Morgan fingerprint density at radius 3 is 2.32 bits per heavy atom. The van der Waals surface area contributed by atoms with E-state index in [1.807, 2.05) is 13.8 Å². The second-order valence-electron chi connectivity index (χ2n) is 6.74. The molecule has 0 bridgehead atoms. The Labute approximate surface area is 162 Å².